The number of carbonyl (C=O) groups excluding carboxylic acids is 1. The quantitative estimate of drug-likeness (QED) is 0.557. The second kappa shape index (κ2) is 2.97. The molecule has 2 heteroatoms. The summed E-state index contributed by atoms with van der Waals surface area (Å²) in [5.41, 5.74) is 0. The monoisotopic (exact) mass is 128 g/mol. The number of rotatable bonds is 2. The molecule has 1 saturated heterocycles. The van der Waals surface area contributed by atoms with Crippen LogP contribution in [0.5, 0.6) is 0 Å². The van der Waals surface area contributed by atoms with Gasteiger partial charge in [-0.25, -0.2) is 0 Å². The predicted octanol–water partition coefficient (Wildman–Crippen LogP) is 1.14. The zero-order chi connectivity index (χ0) is 6.69. The van der Waals surface area contributed by atoms with Crippen LogP contribution in [0.25, 0.3) is 0 Å². The van der Waals surface area contributed by atoms with Crippen LogP contribution in [0.1, 0.15) is 26.2 Å². The van der Waals surface area contributed by atoms with Crippen molar-refractivity contribution in [1.29, 1.82) is 0 Å². The molecule has 0 unspecified atom stereocenters. The van der Waals surface area contributed by atoms with Gasteiger partial charge in [-0.1, -0.05) is 6.92 Å². The maximum absolute atomic E-state index is 10.9. The fourth-order valence-electron chi connectivity index (χ4n) is 1.06. The first kappa shape index (κ1) is 6.75. The van der Waals surface area contributed by atoms with Crippen LogP contribution < -0.4 is 0 Å². The van der Waals surface area contributed by atoms with E-state index in [9.17, 15) is 4.79 Å². The molecule has 0 radical (unpaired) electrons. The molecule has 1 aliphatic heterocycles. The zero-order valence-electron chi connectivity index (χ0n) is 5.72. The second-order valence-corrected chi connectivity index (χ2v) is 2.32. The molecule has 9 heavy (non-hydrogen) atoms. The fraction of sp³-hybridized carbons (Fsp3) is 0.857. The van der Waals surface area contributed by atoms with E-state index in [1.807, 2.05) is 6.92 Å². The molecular formula is C7H12O2. The maximum Gasteiger partial charge on any atom is 0.161 e. The summed E-state index contributed by atoms with van der Waals surface area (Å²) in [5.74, 6) is 0.257. The minimum absolute atomic E-state index is 0.0602. The van der Waals surface area contributed by atoms with Crippen molar-refractivity contribution in [2.45, 2.75) is 32.3 Å². The summed E-state index contributed by atoms with van der Waals surface area (Å²) < 4.78 is 5.16. The standard InChI is InChI=1S/C7H12O2/c1-2-6(8)7-4-3-5-9-7/h7H,2-5H2,1H3/t7-/m1/s1. The molecular weight excluding hydrogens is 116 g/mol. The highest BCUT2D eigenvalue weighted by Gasteiger charge is 2.21. The highest BCUT2D eigenvalue weighted by Crippen LogP contribution is 2.13. The molecule has 0 spiro atoms. The number of ether oxygens (including phenoxy) is 1. The molecule has 0 aromatic heterocycles. The van der Waals surface area contributed by atoms with E-state index in [0.717, 1.165) is 19.4 Å². The van der Waals surface area contributed by atoms with Gasteiger partial charge in [0.05, 0.1) is 0 Å². The van der Waals surface area contributed by atoms with E-state index in [1.165, 1.54) is 0 Å². The van der Waals surface area contributed by atoms with Crippen molar-refractivity contribution in [3.05, 3.63) is 0 Å². The van der Waals surface area contributed by atoms with Gasteiger partial charge < -0.3 is 4.74 Å². The van der Waals surface area contributed by atoms with E-state index in [4.69, 9.17) is 4.74 Å². The Morgan fingerprint density at radius 2 is 2.56 bits per heavy atom. The molecule has 2 nitrogen and oxygen atoms in total. The molecule has 0 aliphatic carbocycles. The maximum atomic E-state index is 10.9. The van der Waals surface area contributed by atoms with E-state index in [2.05, 4.69) is 0 Å². The lowest BCUT2D eigenvalue weighted by Crippen LogP contribution is -2.17. The van der Waals surface area contributed by atoms with Crippen LogP contribution in [-0.2, 0) is 9.53 Å². The normalized spacial score (nSPS) is 26.6. The van der Waals surface area contributed by atoms with E-state index in [-0.39, 0.29) is 11.9 Å². The Bertz CT molecular complexity index is 103. The Kier molecular flexibility index (Phi) is 2.22. The highest BCUT2D eigenvalue weighted by atomic mass is 16.5. The van der Waals surface area contributed by atoms with Crippen LogP contribution in [-0.4, -0.2) is 18.5 Å². The molecule has 0 amide bonds. The number of Topliss-reactive ketones (excluding diaryl/α,β-unsaturated/α-hetero) is 1. The molecule has 52 valence electrons. The van der Waals surface area contributed by atoms with E-state index >= 15 is 0 Å². The van der Waals surface area contributed by atoms with Crippen molar-refractivity contribution in [1.82, 2.24) is 0 Å². The topological polar surface area (TPSA) is 26.3 Å². The summed E-state index contributed by atoms with van der Waals surface area (Å²) in [6.45, 7) is 2.65. The minimum Gasteiger partial charge on any atom is -0.370 e. The lowest BCUT2D eigenvalue weighted by atomic mass is 10.1. The Labute approximate surface area is 55.2 Å². The zero-order valence-corrected chi connectivity index (χ0v) is 5.72. The summed E-state index contributed by atoms with van der Waals surface area (Å²) in [6, 6.07) is 0. The van der Waals surface area contributed by atoms with E-state index < -0.39 is 0 Å². The van der Waals surface area contributed by atoms with E-state index in [1.54, 1.807) is 0 Å². The summed E-state index contributed by atoms with van der Waals surface area (Å²) in [5, 5.41) is 0. The summed E-state index contributed by atoms with van der Waals surface area (Å²) in [4.78, 5) is 10.9. The summed E-state index contributed by atoms with van der Waals surface area (Å²) in [6.07, 6.45) is 2.54. The number of hydrogen-bond acceptors (Lipinski definition) is 2. The second-order valence-electron chi connectivity index (χ2n) is 2.32. The first-order valence-corrected chi connectivity index (χ1v) is 3.49. The van der Waals surface area contributed by atoms with Gasteiger partial charge in [-0.2, -0.15) is 0 Å². The molecule has 1 atom stereocenters. The number of ketones is 1. The van der Waals surface area contributed by atoms with Gasteiger partial charge in [0.1, 0.15) is 6.10 Å². The van der Waals surface area contributed by atoms with Gasteiger partial charge in [0, 0.05) is 13.0 Å². The average molecular weight is 128 g/mol. The van der Waals surface area contributed by atoms with Gasteiger partial charge >= 0.3 is 0 Å². The van der Waals surface area contributed by atoms with Crippen LogP contribution in [0.15, 0.2) is 0 Å². The average Bonchev–Trinajstić information content (AvgIpc) is 2.37. The molecule has 1 fully saturated rings. The smallest absolute Gasteiger partial charge is 0.161 e. The summed E-state index contributed by atoms with van der Waals surface area (Å²) in [7, 11) is 0. The number of carbonyl (C=O) groups is 1. The van der Waals surface area contributed by atoms with Crippen molar-refractivity contribution in [2.75, 3.05) is 6.61 Å². The van der Waals surface area contributed by atoms with Crippen LogP contribution >= 0.6 is 0 Å². The molecule has 0 N–H and O–H groups in total. The van der Waals surface area contributed by atoms with Gasteiger partial charge in [-0.3, -0.25) is 4.79 Å². The largest absolute Gasteiger partial charge is 0.370 e. The van der Waals surface area contributed by atoms with Crippen LogP contribution in [0, 0.1) is 0 Å². The van der Waals surface area contributed by atoms with Crippen LogP contribution in [0.2, 0.25) is 0 Å². The third kappa shape index (κ3) is 1.52. The fourth-order valence-corrected chi connectivity index (χ4v) is 1.06. The molecule has 0 saturated carbocycles. The Morgan fingerprint density at radius 1 is 1.78 bits per heavy atom. The highest BCUT2D eigenvalue weighted by molar-refractivity contribution is 5.82. The van der Waals surface area contributed by atoms with E-state index in [0.29, 0.717) is 6.42 Å². The van der Waals surface area contributed by atoms with Gasteiger partial charge in [0.2, 0.25) is 0 Å². The Morgan fingerprint density at radius 3 is 3.00 bits per heavy atom. The van der Waals surface area contributed by atoms with Crippen molar-refractivity contribution >= 4 is 5.78 Å². The van der Waals surface area contributed by atoms with Crippen molar-refractivity contribution in [2.24, 2.45) is 0 Å². The lowest BCUT2D eigenvalue weighted by Gasteiger charge is -2.03. The molecule has 1 aliphatic rings. The van der Waals surface area contributed by atoms with Gasteiger partial charge in [-0.15, -0.1) is 0 Å². The lowest BCUT2D eigenvalue weighted by molar-refractivity contribution is -0.127. The predicted molar refractivity (Wildman–Crippen MR) is 34.3 cm³/mol. The molecule has 1 heterocycles. The third-order valence-corrected chi connectivity index (χ3v) is 1.64. The third-order valence-electron chi connectivity index (χ3n) is 1.64. The van der Waals surface area contributed by atoms with Gasteiger partial charge in [0.25, 0.3) is 0 Å². The van der Waals surface area contributed by atoms with Crippen molar-refractivity contribution in [3.63, 3.8) is 0 Å². The first-order valence-electron chi connectivity index (χ1n) is 3.49. The SMILES string of the molecule is CCC(=O)[C@H]1CCCO1. The minimum atomic E-state index is -0.0602. The molecule has 0 bridgehead atoms. The molecule has 1 rings (SSSR count). The first-order chi connectivity index (χ1) is 4.34. The van der Waals surface area contributed by atoms with Crippen LogP contribution in [0.4, 0.5) is 0 Å². The molecule has 0 aromatic rings. The van der Waals surface area contributed by atoms with Crippen LogP contribution in [0.3, 0.4) is 0 Å². The summed E-state index contributed by atoms with van der Waals surface area (Å²) >= 11 is 0. The Hall–Kier alpha value is -0.370. The van der Waals surface area contributed by atoms with Gasteiger partial charge in [-0.05, 0) is 12.8 Å². The van der Waals surface area contributed by atoms with Crippen molar-refractivity contribution < 1.29 is 9.53 Å². The van der Waals surface area contributed by atoms with Gasteiger partial charge in [0.15, 0.2) is 5.78 Å². The molecule has 0 aromatic carbocycles. The van der Waals surface area contributed by atoms with Crippen molar-refractivity contribution in [3.8, 4) is 0 Å². The Balaban J connectivity index is 2.32. The number of hydrogen-bond donors (Lipinski definition) is 0.